The van der Waals surface area contributed by atoms with E-state index in [1.165, 1.54) is 79.4 Å². The van der Waals surface area contributed by atoms with Crippen molar-refractivity contribution in [1.29, 1.82) is 0 Å². The molecule has 36 heteroatoms. The van der Waals surface area contributed by atoms with Crippen LogP contribution in [0.2, 0.25) is 0 Å². The maximum Gasteiger partial charge on any atom is 0.325 e. The quantitative estimate of drug-likeness (QED) is 0.0237. The van der Waals surface area contributed by atoms with Crippen molar-refractivity contribution in [2.24, 2.45) is 22.9 Å². The van der Waals surface area contributed by atoms with Crippen LogP contribution in [0.15, 0.2) is 61.1 Å². The number of rotatable bonds is 39. The first-order valence-corrected chi connectivity index (χ1v) is 33.2. The number of unbranched alkanes of at least 4 members (excludes halogenated alkanes) is 1. The number of benzene rings is 2. The van der Waals surface area contributed by atoms with Gasteiger partial charge in [0.25, 0.3) is 0 Å². The molecule has 2 fully saturated rings. The van der Waals surface area contributed by atoms with Crippen LogP contribution in [0, 0.1) is 0 Å². The Balaban J connectivity index is 1.26. The van der Waals surface area contributed by atoms with Gasteiger partial charge in [-0.15, -0.1) is 0 Å². The molecule has 0 saturated carbocycles. The van der Waals surface area contributed by atoms with Crippen LogP contribution in [0.3, 0.4) is 0 Å². The molecule has 5 rings (SSSR count). The van der Waals surface area contributed by atoms with Gasteiger partial charge >= 0.3 is 5.97 Å². The molecule has 0 aliphatic carbocycles. The molecule has 1 aromatic heterocycles. The van der Waals surface area contributed by atoms with E-state index in [0.29, 0.717) is 36.1 Å². The van der Waals surface area contributed by atoms with Gasteiger partial charge in [0.1, 0.15) is 71.9 Å². The molecule has 12 atom stereocenters. The maximum absolute atomic E-state index is 14.5. The lowest BCUT2D eigenvalue weighted by Crippen LogP contribution is -2.61. The minimum Gasteiger partial charge on any atom is -0.508 e. The molecular weight excluding hydrogens is 1300 g/mol. The van der Waals surface area contributed by atoms with E-state index in [1.807, 2.05) is 0 Å². The minimum absolute atomic E-state index is 0.00671. The summed E-state index contributed by atoms with van der Waals surface area (Å²) < 4.78 is 0. The molecule has 98 heavy (non-hydrogen) atoms. The number of carbonyl (C=O) groups is 14. The number of H-pyrrole nitrogens is 1. The highest BCUT2D eigenvalue weighted by molar-refractivity contribution is 7.98. The van der Waals surface area contributed by atoms with Crippen molar-refractivity contribution >= 4 is 94.5 Å². The molecule has 13 amide bonds. The Bertz CT molecular complexity index is 3290. The number of carbonyl (C=O) groups excluding carboxylic acids is 13. The van der Waals surface area contributed by atoms with Crippen LogP contribution in [-0.2, 0) is 86.4 Å². The molecular formula is C62H89N17O18S. The van der Waals surface area contributed by atoms with Crippen molar-refractivity contribution in [3.63, 3.8) is 0 Å². The zero-order valence-electron chi connectivity index (χ0n) is 54.5. The summed E-state index contributed by atoms with van der Waals surface area (Å²) in [6.07, 6.45) is 2.20. The van der Waals surface area contributed by atoms with Gasteiger partial charge in [-0.1, -0.05) is 24.3 Å². The average molecular weight is 1390 g/mol. The third-order valence-electron chi connectivity index (χ3n) is 16.1. The van der Waals surface area contributed by atoms with Crippen LogP contribution in [-0.4, -0.2) is 234 Å². The van der Waals surface area contributed by atoms with E-state index >= 15 is 0 Å². The first-order chi connectivity index (χ1) is 46.5. The maximum atomic E-state index is 14.5. The van der Waals surface area contributed by atoms with Crippen LogP contribution >= 0.6 is 11.8 Å². The molecule has 0 unspecified atom stereocenters. The molecule has 2 aromatic carbocycles. The van der Waals surface area contributed by atoms with E-state index in [4.69, 9.17) is 22.9 Å². The number of phenols is 2. The van der Waals surface area contributed by atoms with E-state index in [9.17, 15) is 87.5 Å². The summed E-state index contributed by atoms with van der Waals surface area (Å²) in [5.74, 6) is -13.5. The van der Waals surface area contributed by atoms with Crippen LogP contribution < -0.4 is 70.8 Å². The lowest BCUT2D eigenvalue weighted by molar-refractivity contribution is -0.143. The Morgan fingerprint density at radius 2 is 1.11 bits per heavy atom. The first-order valence-electron chi connectivity index (χ1n) is 31.8. The van der Waals surface area contributed by atoms with Gasteiger partial charge in [-0.05, 0) is 126 Å². The van der Waals surface area contributed by atoms with Crippen molar-refractivity contribution in [2.45, 2.75) is 170 Å². The number of primary amides is 2. The molecule has 3 heterocycles. The second kappa shape index (κ2) is 38.7. The van der Waals surface area contributed by atoms with Gasteiger partial charge in [0.05, 0.1) is 37.9 Å². The molecule has 0 spiro atoms. The lowest BCUT2D eigenvalue weighted by Gasteiger charge is -2.31. The second-order valence-corrected chi connectivity index (χ2v) is 24.8. The van der Waals surface area contributed by atoms with Gasteiger partial charge in [0.2, 0.25) is 76.8 Å². The Morgan fingerprint density at radius 1 is 0.602 bits per heavy atom. The number of likely N-dealkylation sites (tertiary alicyclic amines) is 2. The number of aromatic amines is 1. The minimum atomic E-state index is -1.77. The zero-order chi connectivity index (χ0) is 72.3. The molecule has 2 aliphatic heterocycles. The molecule has 3 aromatic rings. The van der Waals surface area contributed by atoms with Gasteiger partial charge in [0, 0.05) is 37.8 Å². The number of carboxylic acid groups (broad SMARTS) is 1. The number of amides is 13. The number of phenolic OH excluding ortho intramolecular Hbond substituents is 2. The highest BCUT2D eigenvalue weighted by Gasteiger charge is 2.43. The summed E-state index contributed by atoms with van der Waals surface area (Å²) in [6, 6.07) is -4.41. The number of nitrogens with one attached hydrogen (secondary N) is 10. The fourth-order valence-electron chi connectivity index (χ4n) is 10.9. The van der Waals surface area contributed by atoms with E-state index in [0.717, 1.165) is 4.90 Å². The number of aliphatic hydroxyl groups is 1. The van der Waals surface area contributed by atoms with E-state index < -0.39 is 175 Å². The Morgan fingerprint density at radius 3 is 1.64 bits per heavy atom. The number of aliphatic hydroxyl groups excluding tert-OH is 1. The van der Waals surface area contributed by atoms with Crippen LogP contribution in [0.25, 0.3) is 0 Å². The van der Waals surface area contributed by atoms with Crippen LogP contribution in [0.1, 0.15) is 94.9 Å². The third kappa shape index (κ3) is 24.6. The molecule has 0 bridgehead atoms. The monoisotopic (exact) mass is 1390 g/mol. The highest BCUT2D eigenvalue weighted by Crippen LogP contribution is 2.23. The summed E-state index contributed by atoms with van der Waals surface area (Å²) in [7, 11) is 0. The van der Waals surface area contributed by atoms with Crippen molar-refractivity contribution in [2.75, 3.05) is 38.2 Å². The number of aromatic nitrogens is 2. The van der Waals surface area contributed by atoms with E-state index in [-0.39, 0.29) is 88.3 Å². The van der Waals surface area contributed by atoms with Crippen molar-refractivity contribution in [3.8, 4) is 11.5 Å². The predicted molar refractivity (Wildman–Crippen MR) is 350 cm³/mol. The number of aromatic hydroxyl groups is 2. The highest BCUT2D eigenvalue weighted by atomic mass is 32.2. The summed E-state index contributed by atoms with van der Waals surface area (Å²) in [5, 5.41) is 62.0. The molecule has 2 saturated heterocycles. The Hall–Kier alpha value is -9.94. The largest absolute Gasteiger partial charge is 0.508 e. The van der Waals surface area contributed by atoms with Crippen molar-refractivity contribution in [3.05, 3.63) is 77.9 Å². The van der Waals surface area contributed by atoms with E-state index in [2.05, 4.69) is 57.8 Å². The fraction of sp³-hybridized carbons (Fsp3) is 0.532. The number of aliphatic carboxylic acids is 1. The van der Waals surface area contributed by atoms with Crippen LogP contribution in [0.5, 0.6) is 11.5 Å². The SMILES string of the molecule is CSCC[C@H](NC(=O)CNC(=O)[C@H](CC(N)=O)NC(=O)[C@@H]1CCCN1C(=O)[C@H](Cc1cnc[nH]1)NC(=O)[C@@H](N)Cc1ccc(O)cc1)C(=O)N[C@@H](CC(N)=O)C(=O)N1CCC[C@H]1C(=O)N[C@@H](Cc1ccc(O)cc1)C(=O)N[C@H](C(=O)N[C@@H](CCCCN)C(=O)N[C@@H](C)C(=O)O)[C@@H](C)O. The summed E-state index contributed by atoms with van der Waals surface area (Å²) in [5.41, 5.74) is 24.4. The first kappa shape index (κ1) is 78.8. The molecule has 0 radical (unpaired) electrons. The lowest BCUT2D eigenvalue weighted by atomic mass is 10.0. The Labute approximate surface area is 568 Å². The van der Waals surface area contributed by atoms with Gasteiger partial charge < -0.3 is 106 Å². The zero-order valence-corrected chi connectivity index (χ0v) is 55.3. The van der Waals surface area contributed by atoms with Gasteiger partial charge in [-0.2, -0.15) is 11.8 Å². The fourth-order valence-corrected chi connectivity index (χ4v) is 11.3. The number of hydrogen-bond acceptors (Lipinski definition) is 21. The molecule has 536 valence electrons. The summed E-state index contributed by atoms with van der Waals surface area (Å²) in [4.78, 5) is 199. The second-order valence-electron chi connectivity index (χ2n) is 23.9. The predicted octanol–water partition coefficient (Wildman–Crippen LogP) is -5.73. The van der Waals surface area contributed by atoms with Gasteiger partial charge in [0.15, 0.2) is 0 Å². The number of nitrogens with two attached hydrogens (primary N) is 4. The number of hydrogen-bond donors (Lipinski definition) is 18. The number of carboxylic acids is 1. The van der Waals surface area contributed by atoms with Crippen LogP contribution in [0.4, 0.5) is 0 Å². The molecule has 2 aliphatic rings. The third-order valence-corrected chi connectivity index (χ3v) is 16.8. The topological polar surface area (TPSA) is 567 Å². The van der Waals surface area contributed by atoms with Crippen molar-refractivity contribution in [1.82, 2.24) is 67.6 Å². The van der Waals surface area contributed by atoms with E-state index in [1.54, 1.807) is 18.4 Å². The molecule has 22 N–H and O–H groups in total. The molecule has 35 nitrogen and oxygen atoms in total. The summed E-state index contributed by atoms with van der Waals surface area (Å²) in [6.45, 7) is 1.69. The Kier molecular flexibility index (Phi) is 31.1. The number of imidazole rings is 1. The number of nitrogens with zero attached hydrogens (tertiary/aromatic N) is 3. The van der Waals surface area contributed by atoms with Gasteiger partial charge in [-0.3, -0.25) is 67.1 Å². The standard InChI is InChI=1S/C62H89N17O18S/c1-32(62(96)97)70-54(88)40(8-4-5-20-63)72-59(93)51(33(2)80)77-56(90)42(25-35-13-17-38(82)18-14-35)73-57(91)46-9-7-22-79(46)61(95)45(28-49(66)84)76-55(89)41(19-23-98-3)71-50(85)30-68-53(87)43(27-48(65)83)74-58(92)47-10-6-21-78(47)60(94)44(26-36-29-67-31-69-36)75-52(86)39(64)24-34-11-15-37(81)16-12-34/h11-18,29,31-33,39-47,51,80-82H,4-10,19-28,30,63-64H2,1-3H3,(H2,65,83)(H2,66,84)(H,67,69)(H,68,87)(H,70,88)(H,71,85)(H,72,93)(H,73,91)(H,74,92)(H,75,86)(H,76,89)(H,77,90)(H,96,97)/t32-,33+,39-,40-,41-,42-,43-,44-,45-,46-,47-,51-/m0/s1. The normalized spacial score (nSPS) is 17.3. The van der Waals surface area contributed by atoms with Crippen molar-refractivity contribution < 1.29 is 87.5 Å². The van der Waals surface area contributed by atoms with Gasteiger partial charge in [-0.25, -0.2) is 4.98 Å². The smallest absolute Gasteiger partial charge is 0.325 e. The summed E-state index contributed by atoms with van der Waals surface area (Å²) >= 11 is 1.26. The average Bonchev–Trinajstić information content (AvgIpc) is 1.63. The number of thioether (sulfide) groups is 1.